The highest BCUT2D eigenvalue weighted by atomic mass is 32.2. The van der Waals surface area contributed by atoms with Gasteiger partial charge in [-0.1, -0.05) is 6.07 Å². The molecule has 7 nitrogen and oxygen atoms in total. The standard InChI is InChI=1S/C18H21N3O4S2/c1-12-5-8-16-15(9-12)20-18(21(16)2)11-19-14-7-6-13(26(3,22)23)10-17(14)27(4,24)25/h5-10,19H,11H2,1-4H3. The van der Waals surface area contributed by atoms with Crippen LogP contribution in [0.3, 0.4) is 0 Å². The fourth-order valence-corrected chi connectivity index (χ4v) is 4.48. The van der Waals surface area contributed by atoms with Gasteiger partial charge in [0.1, 0.15) is 5.82 Å². The monoisotopic (exact) mass is 407 g/mol. The van der Waals surface area contributed by atoms with E-state index in [1.165, 1.54) is 18.2 Å². The van der Waals surface area contributed by atoms with Gasteiger partial charge in [0, 0.05) is 19.6 Å². The zero-order valence-electron chi connectivity index (χ0n) is 15.5. The van der Waals surface area contributed by atoms with E-state index in [1.807, 2.05) is 36.7 Å². The van der Waals surface area contributed by atoms with Gasteiger partial charge in [-0.25, -0.2) is 21.8 Å². The lowest BCUT2D eigenvalue weighted by Gasteiger charge is -2.12. The Hall–Kier alpha value is -2.39. The molecule has 9 heteroatoms. The lowest BCUT2D eigenvalue weighted by molar-refractivity contribution is 0.600. The van der Waals surface area contributed by atoms with Gasteiger partial charge in [0.25, 0.3) is 0 Å². The number of rotatable bonds is 5. The van der Waals surface area contributed by atoms with Crippen molar-refractivity contribution >= 4 is 36.4 Å². The van der Waals surface area contributed by atoms with Gasteiger partial charge in [0.05, 0.1) is 33.1 Å². The molecule has 1 aromatic heterocycles. The third kappa shape index (κ3) is 3.98. The molecule has 0 fully saturated rings. The molecule has 3 rings (SSSR count). The van der Waals surface area contributed by atoms with Crippen LogP contribution < -0.4 is 5.32 Å². The van der Waals surface area contributed by atoms with Crippen molar-refractivity contribution in [2.75, 3.05) is 17.8 Å². The van der Waals surface area contributed by atoms with Crippen LogP contribution in [0.1, 0.15) is 11.4 Å². The fraction of sp³-hybridized carbons (Fsp3) is 0.278. The maximum Gasteiger partial charge on any atom is 0.177 e. The van der Waals surface area contributed by atoms with Crippen LogP contribution in [0.2, 0.25) is 0 Å². The van der Waals surface area contributed by atoms with Gasteiger partial charge in [-0.15, -0.1) is 0 Å². The molecule has 1 N–H and O–H groups in total. The van der Waals surface area contributed by atoms with Crippen molar-refractivity contribution in [3.8, 4) is 0 Å². The maximum absolute atomic E-state index is 12.1. The number of nitrogens with zero attached hydrogens (tertiary/aromatic N) is 2. The zero-order valence-corrected chi connectivity index (χ0v) is 17.1. The first-order valence-corrected chi connectivity index (χ1v) is 11.9. The van der Waals surface area contributed by atoms with E-state index in [0.29, 0.717) is 12.2 Å². The number of sulfone groups is 2. The van der Waals surface area contributed by atoms with Crippen molar-refractivity contribution in [1.29, 1.82) is 0 Å². The number of hydrogen-bond acceptors (Lipinski definition) is 6. The van der Waals surface area contributed by atoms with Gasteiger partial charge >= 0.3 is 0 Å². The second-order valence-electron chi connectivity index (χ2n) is 6.64. The molecule has 0 aliphatic carbocycles. The molecule has 3 aromatic rings. The fourth-order valence-electron chi connectivity index (χ4n) is 2.88. The SMILES string of the molecule is Cc1ccc2c(c1)nc(CNc1ccc(S(C)(=O)=O)cc1S(C)(=O)=O)n2C. The van der Waals surface area contributed by atoms with E-state index in [-0.39, 0.29) is 9.79 Å². The third-order valence-corrected chi connectivity index (χ3v) is 6.59. The number of fused-ring (bicyclic) bond motifs is 1. The Balaban J connectivity index is 1.98. The molecule has 27 heavy (non-hydrogen) atoms. The number of aryl methyl sites for hydroxylation is 2. The molecule has 2 aromatic carbocycles. The minimum Gasteiger partial charge on any atom is -0.377 e. The zero-order chi connectivity index (χ0) is 20.0. The van der Waals surface area contributed by atoms with E-state index < -0.39 is 19.7 Å². The molecule has 0 amide bonds. The van der Waals surface area contributed by atoms with E-state index in [9.17, 15) is 16.8 Å². The third-order valence-electron chi connectivity index (χ3n) is 4.35. The summed E-state index contributed by atoms with van der Waals surface area (Å²) in [5.74, 6) is 0.738. The minimum atomic E-state index is -3.62. The second kappa shape index (κ2) is 6.65. The Kier molecular flexibility index (Phi) is 4.77. The average molecular weight is 408 g/mol. The number of imidazole rings is 1. The molecule has 0 spiro atoms. The van der Waals surface area contributed by atoms with Crippen LogP contribution in [0.15, 0.2) is 46.2 Å². The molecular formula is C18H21N3O4S2. The molecule has 1 heterocycles. The highest BCUT2D eigenvalue weighted by Crippen LogP contribution is 2.26. The Morgan fingerprint density at radius 1 is 1.00 bits per heavy atom. The van der Waals surface area contributed by atoms with E-state index in [4.69, 9.17) is 0 Å². The van der Waals surface area contributed by atoms with Crippen molar-refractivity contribution in [1.82, 2.24) is 9.55 Å². The van der Waals surface area contributed by atoms with Crippen LogP contribution in [0.4, 0.5) is 5.69 Å². The molecular weight excluding hydrogens is 386 g/mol. The van der Waals surface area contributed by atoms with Crippen LogP contribution >= 0.6 is 0 Å². The van der Waals surface area contributed by atoms with Gasteiger partial charge in [-0.3, -0.25) is 0 Å². The first kappa shape index (κ1) is 19.4. The smallest absolute Gasteiger partial charge is 0.177 e. The molecule has 144 valence electrons. The quantitative estimate of drug-likeness (QED) is 0.697. The molecule has 0 atom stereocenters. The van der Waals surface area contributed by atoms with E-state index in [1.54, 1.807) is 0 Å². The maximum atomic E-state index is 12.1. The van der Waals surface area contributed by atoms with Gasteiger partial charge in [0.15, 0.2) is 19.7 Å². The second-order valence-corrected chi connectivity index (χ2v) is 10.6. The summed E-state index contributed by atoms with van der Waals surface area (Å²) in [5.41, 5.74) is 3.29. The van der Waals surface area contributed by atoms with Crippen LogP contribution in [0.5, 0.6) is 0 Å². The summed E-state index contributed by atoms with van der Waals surface area (Å²) in [6, 6.07) is 10.0. The topological polar surface area (TPSA) is 98.1 Å². The van der Waals surface area contributed by atoms with Crippen molar-refractivity contribution < 1.29 is 16.8 Å². The number of nitrogens with one attached hydrogen (secondary N) is 1. The van der Waals surface area contributed by atoms with E-state index >= 15 is 0 Å². The van der Waals surface area contributed by atoms with Crippen molar-refractivity contribution in [3.63, 3.8) is 0 Å². The lowest BCUT2D eigenvalue weighted by atomic mass is 10.2. The van der Waals surface area contributed by atoms with Crippen molar-refractivity contribution in [3.05, 3.63) is 47.8 Å². The molecule has 0 bridgehead atoms. The predicted octanol–water partition coefficient (Wildman–Crippen LogP) is 2.30. The number of anilines is 1. The predicted molar refractivity (Wildman–Crippen MR) is 105 cm³/mol. The van der Waals surface area contributed by atoms with Gasteiger partial charge in [0.2, 0.25) is 0 Å². The highest BCUT2D eigenvalue weighted by molar-refractivity contribution is 7.91. The van der Waals surface area contributed by atoms with Gasteiger partial charge in [-0.2, -0.15) is 0 Å². The summed E-state index contributed by atoms with van der Waals surface area (Å²) in [7, 11) is -5.23. The summed E-state index contributed by atoms with van der Waals surface area (Å²) in [4.78, 5) is 4.50. The normalized spacial score (nSPS) is 12.4. The first-order chi connectivity index (χ1) is 12.5. The lowest BCUT2D eigenvalue weighted by Crippen LogP contribution is -2.10. The first-order valence-electron chi connectivity index (χ1n) is 8.17. The average Bonchev–Trinajstić information content (AvgIpc) is 2.86. The van der Waals surface area contributed by atoms with Crippen LogP contribution in [0, 0.1) is 6.92 Å². The largest absolute Gasteiger partial charge is 0.377 e. The van der Waals surface area contributed by atoms with Crippen molar-refractivity contribution in [2.24, 2.45) is 7.05 Å². The molecule has 0 radical (unpaired) electrons. The minimum absolute atomic E-state index is 0.0355. The Morgan fingerprint density at radius 2 is 1.70 bits per heavy atom. The summed E-state index contributed by atoms with van der Waals surface area (Å²) < 4.78 is 49.7. The Labute approximate surface area is 158 Å². The highest BCUT2D eigenvalue weighted by Gasteiger charge is 2.18. The molecule has 0 saturated heterocycles. The summed E-state index contributed by atoms with van der Waals surface area (Å²) in [6.07, 6.45) is 2.10. The Morgan fingerprint density at radius 3 is 2.33 bits per heavy atom. The van der Waals surface area contributed by atoms with E-state index in [0.717, 1.165) is 34.9 Å². The summed E-state index contributed by atoms with van der Waals surface area (Å²) >= 11 is 0. The molecule has 0 aliphatic rings. The summed E-state index contributed by atoms with van der Waals surface area (Å²) in [6.45, 7) is 2.29. The summed E-state index contributed by atoms with van der Waals surface area (Å²) in [5, 5.41) is 3.07. The number of hydrogen-bond donors (Lipinski definition) is 1. The number of aromatic nitrogens is 2. The van der Waals surface area contributed by atoms with Gasteiger partial charge in [-0.05, 0) is 42.8 Å². The molecule has 0 unspecified atom stereocenters. The van der Waals surface area contributed by atoms with Gasteiger partial charge < -0.3 is 9.88 Å². The Bertz CT molecular complexity index is 1240. The van der Waals surface area contributed by atoms with Crippen LogP contribution in [0.25, 0.3) is 11.0 Å². The molecule has 0 saturated carbocycles. The number of benzene rings is 2. The molecule has 0 aliphatic heterocycles. The van der Waals surface area contributed by atoms with Crippen molar-refractivity contribution in [2.45, 2.75) is 23.3 Å². The van der Waals surface area contributed by atoms with E-state index in [2.05, 4.69) is 10.3 Å². The van der Waals surface area contributed by atoms with Crippen LogP contribution in [-0.4, -0.2) is 38.9 Å². The van der Waals surface area contributed by atoms with Crippen LogP contribution in [-0.2, 0) is 33.3 Å².